The minimum Gasteiger partial charge on any atom is -0.481 e. The molecule has 0 radical (unpaired) electrons. The fraction of sp³-hybridized carbons (Fsp3) is 0.320. The van der Waals surface area contributed by atoms with Gasteiger partial charge in [0.1, 0.15) is 5.75 Å². The van der Waals surface area contributed by atoms with Crippen molar-refractivity contribution in [1.82, 2.24) is 10.2 Å². The monoisotopic (exact) mass is 416 g/mol. The number of aromatic nitrogens is 2. The second-order valence-electron chi connectivity index (χ2n) is 8.12. The number of amides is 1. The van der Waals surface area contributed by atoms with Gasteiger partial charge in [0.05, 0.1) is 5.69 Å². The molecule has 4 rings (SSSR count). The van der Waals surface area contributed by atoms with Crippen LogP contribution >= 0.6 is 0 Å². The molecule has 1 saturated heterocycles. The summed E-state index contributed by atoms with van der Waals surface area (Å²) in [4.78, 5) is 14.9. The van der Waals surface area contributed by atoms with Crippen molar-refractivity contribution >= 4 is 17.4 Å². The maximum atomic E-state index is 12.7. The van der Waals surface area contributed by atoms with Crippen LogP contribution in [-0.2, 0) is 4.79 Å². The first-order chi connectivity index (χ1) is 15.0. The number of benzene rings is 2. The van der Waals surface area contributed by atoms with E-state index >= 15 is 0 Å². The Kier molecular flexibility index (Phi) is 6.16. The second-order valence-corrected chi connectivity index (χ2v) is 8.12. The molecule has 0 bridgehead atoms. The molecule has 1 fully saturated rings. The van der Waals surface area contributed by atoms with E-state index < -0.39 is 6.10 Å². The normalized spacial score (nSPS) is 14.4. The van der Waals surface area contributed by atoms with Crippen LogP contribution in [0.15, 0.2) is 54.6 Å². The molecule has 1 aromatic heterocycles. The maximum absolute atomic E-state index is 12.7. The Hall–Kier alpha value is -3.41. The number of carbonyl (C=O) groups excluding carboxylic acids is 1. The molecule has 0 saturated carbocycles. The molecule has 0 spiro atoms. The first kappa shape index (κ1) is 20.8. The van der Waals surface area contributed by atoms with Crippen LogP contribution < -0.4 is 15.0 Å². The van der Waals surface area contributed by atoms with Gasteiger partial charge < -0.3 is 15.0 Å². The summed E-state index contributed by atoms with van der Waals surface area (Å²) in [5.41, 5.74) is 4.59. The topological polar surface area (TPSA) is 67.3 Å². The number of hydrogen-bond acceptors (Lipinski definition) is 5. The Balaban J connectivity index is 1.42. The summed E-state index contributed by atoms with van der Waals surface area (Å²) in [5, 5.41) is 11.7. The molecular weight excluding hydrogens is 388 g/mol. The lowest BCUT2D eigenvalue weighted by Gasteiger charge is -2.16. The van der Waals surface area contributed by atoms with E-state index in [2.05, 4.69) is 26.5 Å². The third kappa shape index (κ3) is 5.20. The number of aryl methyl sites for hydroxylation is 2. The van der Waals surface area contributed by atoms with Gasteiger partial charge in [-0.2, -0.15) is 0 Å². The number of anilines is 2. The largest absolute Gasteiger partial charge is 0.481 e. The molecular formula is C25H28N4O2. The van der Waals surface area contributed by atoms with Crippen molar-refractivity contribution in [1.29, 1.82) is 0 Å². The van der Waals surface area contributed by atoms with Gasteiger partial charge in [0, 0.05) is 24.3 Å². The highest BCUT2D eigenvalue weighted by molar-refractivity contribution is 5.94. The zero-order valence-electron chi connectivity index (χ0n) is 18.3. The van der Waals surface area contributed by atoms with Gasteiger partial charge in [-0.3, -0.25) is 4.79 Å². The zero-order valence-corrected chi connectivity index (χ0v) is 18.3. The van der Waals surface area contributed by atoms with E-state index in [1.54, 1.807) is 6.92 Å². The van der Waals surface area contributed by atoms with Crippen molar-refractivity contribution in [3.63, 3.8) is 0 Å². The van der Waals surface area contributed by atoms with Crippen molar-refractivity contribution < 1.29 is 9.53 Å². The fourth-order valence-corrected chi connectivity index (χ4v) is 3.85. The lowest BCUT2D eigenvalue weighted by atomic mass is 10.1. The predicted molar refractivity (Wildman–Crippen MR) is 124 cm³/mol. The minimum atomic E-state index is -0.621. The van der Waals surface area contributed by atoms with Gasteiger partial charge >= 0.3 is 0 Å². The molecule has 1 atom stereocenters. The standard InChI is InChI=1S/C25H28N4O2/c1-17-13-18(2)15-22(14-17)31-19(3)25(30)26-21-8-6-7-20(16-21)23-9-10-24(28-27-23)29-11-4-5-12-29/h6-10,13-16,19H,4-5,11-12H2,1-3H3,(H,26,30). The molecule has 6 nitrogen and oxygen atoms in total. The quantitative estimate of drug-likeness (QED) is 0.627. The number of nitrogens with zero attached hydrogens (tertiary/aromatic N) is 3. The molecule has 1 aliphatic rings. The van der Waals surface area contributed by atoms with Crippen LogP contribution in [0.25, 0.3) is 11.3 Å². The highest BCUT2D eigenvalue weighted by Crippen LogP contribution is 2.24. The van der Waals surface area contributed by atoms with Crippen molar-refractivity contribution in [2.75, 3.05) is 23.3 Å². The van der Waals surface area contributed by atoms with Gasteiger partial charge in [0.15, 0.2) is 11.9 Å². The van der Waals surface area contributed by atoms with Crippen LogP contribution in [0, 0.1) is 13.8 Å². The van der Waals surface area contributed by atoms with Crippen molar-refractivity contribution in [3.8, 4) is 17.0 Å². The van der Waals surface area contributed by atoms with Gasteiger partial charge in [-0.05, 0) is 81.1 Å². The fourth-order valence-electron chi connectivity index (χ4n) is 3.85. The summed E-state index contributed by atoms with van der Waals surface area (Å²) in [5.74, 6) is 1.41. The van der Waals surface area contributed by atoms with Gasteiger partial charge in [-0.15, -0.1) is 10.2 Å². The predicted octanol–water partition coefficient (Wildman–Crippen LogP) is 4.77. The van der Waals surface area contributed by atoms with Crippen molar-refractivity contribution in [2.45, 2.75) is 39.7 Å². The number of ether oxygens (including phenoxy) is 1. The first-order valence-corrected chi connectivity index (χ1v) is 10.7. The van der Waals surface area contributed by atoms with Gasteiger partial charge in [-0.1, -0.05) is 18.2 Å². The molecule has 2 heterocycles. The zero-order chi connectivity index (χ0) is 21.8. The van der Waals surface area contributed by atoms with E-state index in [4.69, 9.17) is 4.74 Å². The number of carbonyl (C=O) groups is 1. The summed E-state index contributed by atoms with van der Waals surface area (Å²) in [6.45, 7) is 7.85. The molecule has 6 heteroatoms. The van der Waals surface area contributed by atoms with E-state index in [1.807, 2.05) is 62.4 Å². The third-order valence-electron chi connectivity index (χ3n) is 5.38. The number of nitrogens with one attached hydrogen (secondary N) is 1. The highest BCUT2D eigenvalue weighted by atomic mass is 16.5. The summed E-state index contributed by atoms with van der Waals surface area (Å²) < 4.78 is 5.85. The molecule has 0 aliphatic carbocycles. The van der Waals surface area contributed by atoms with Crippen LogP contribution in [0.2, 0.25) is 0 Å². The molecule has 160 valence electrons. The lowest BCUT2D eigenvalue weighted by Crippen LogP contribution is -2.30. The molecule has 1 unspecified atom stereocenters. The minimum absolute atomic E-state index is 0.202. The number of hydrogen-bond donors (Lipinski definition) is 1. The lowest BCUT2D eigenvalue weighted by molar-refractivity contribution is -0.122. The highest BCUT2D eigenvalue weighted by Gasteiger charge is 2.16. The third-order valence-corrected chi connectivity index (χ3v) is 5.38. The van der Waals surface area contributed by atoms with E-state index in [0.29, 0.717) is 11.4 Å². The SMILES string of the molecule is Cc1cc(C)cc(OC(C)C(=O)Nc2cccc(-c3ccc(N4CCCC4)nn3)c2)c1. The molecule has 1 N–H and O–H groups in total. The van der Waals surface area contributed by atoms with Gasteiger partial charge in [0.2, 0.25) is 0 Å². The van der Waals surface area contributed by atoms with Crippen molar-refractivity contribution in [3.05, 3.63) is 65.7 Å². The van der Waals surface area contributed by atoms with E-state index in [0.717, 1.165) is 41.3 Å². The maximum Gasteiger partial charge on any atom is 0.265 e. The van der Waals surface area contributed by atoms with Crippen LogP contribution in [0.3, 0.4) is 0 Å². The van der Waals surface area contributed by atoms with E-state index in [9.17, 15) is 4.79 Å². The van der Waals surface area contributed by atoms with Crippen LogP contribution in [0.5, 0.6) is 5.75 Å². The Bertz CT molecular complexity index is 1040. The Morgan fingerprint density at radius 2 is 1.74 bits per heavy atom. The van der Waals surface area contributed by atoms with Gasteiger partial charge in [-0.25, -0.2) is 0 Å². The van der Waals surface area contributed by atoms with Crippen LogP contribution in [-0.4, -0.2) is 35.3 Å². The van der Waals surface area contributed by atoms with Crippen molar-refractivity contribution in [2.24, 2.45) is 0 Å². The molecule has 3 aromatic rings. The summed E-state index contributed by atoms with van der Waals surface area (Å²) >= 11 is 0. The summed E-state index contributed by atoms with van der Waals surface area (Å²) in [6.07, 6.45) is 1.79. The summed E-state index contributed by atoms with van der Waals surface area (Å²) in [7, 11) is 0. The first-order valence-electron chi connectivity index (χ1n) is 10.7. The molecule has 1 aliphatic heterocycles. The molecule has 2 aromatic carbocycles. The van der Waals surface area contributed by atoms with Crippen LogP contribution in [0.4, 0.5) is 11.5 Å². The van der Waals surface area contributed by atoms with Crippen LogP contribution in [0.1, 0.15) is 30.9 Å². The van der Waals surface area contributed by atoms with E-state index in [-0.39, 0.29) is 5.91 Å². The molecule has 31 heavy (non-hydrogen) atoms. The Morgan fingerprint density at radius 3 is 2.42 bits per heavy atom. The smallest absolute Gasteiger partial charge is 0.265 e. The van der Waals surface area contributed by atoms with E-state index in [1.165, 1.54) is 12.8 Å². The molecule has 1 amide bonds. The Morgan fingerprint density at radius 1 is 1.00 bits per heavy atom. The second kappa shape index (κ2) is 9.16. The van der Waals surface area contributed by atoms with Gasteiger partial charge in [0.25, 0.3) is 5.91 Å². The Labute approximate surface area is 183 Å². The number of rotatable bonds is 6. The average molecular weight is 417 g/mol. The average Bonchev–Trinajstić information content (AvgIpc) is 3.28. The summed E-state index contributed by atoms with van der Waals surface area (Å²) in [6, 6.07) is 17.6.